The van der Waals surface area contributed by atoms with Crippen LogP contribution in [0.1, 0.15) is 32.3 Å². The van der Waals surface area contributed by atoms with Crippen LogP contribution >= 0.6 is 11.6 Å². The normalized spacial score (nSPS) is 20.2. The van der Waals surface area contributed by atoms with Crippen LogP contribution in [0.3, 0.4) is 0 Å². The summed E-state index contributed by atoms with van der Waals surface area (Å²) in [5, 5.41) is 3.30. The van der Waals surface area contributed by atoms with E-state index in [0.717, 1.165) is 17.9 Å². The molecule has 1 saturated heterocycles. The van der Waals surface area contributed by atoms with Gasteiger partial charge in [-0.15, -0.1) is 0 Å². The first-order chi connectivity index (χ1) is 8.52. The van der Waals surface area contributed by atoms with E-state index in [2.05, 4.69) is 15.3 Å². The minimum atomic E-state index is -0.234. The number of aromatic nitrogens is 2. The molecular weight excluding hydrogens is 252 g/mol. The molecule has 2 rings (SSSR count). The van der Waals surface area contributed by atoms with Crippen molar-refractivity contribution in [2.45, 2.75) is 32.7 Å². The highest BCUT2D eigenvalue weighted by molar-refractivity contribution is 6.30. The van der Waals surface area contributed by atoms with E-state index in [1.165, 1.54) is 6.33 Å². The highest BCUT2D eigenvalue weighted by Crippen LogP contribution is 2.31. The molecule has 6 heteroatoms. The van der Waals surface area contributed by atoms with E-state index in [9.17, 15) is 4.79 Å². The SMILES string of the molecule is CC(C)c1c(Cl)ncnc1N1CCNC(=O)C1C. The quantitative estimate of drug-likeness (QED) is 0.828. The Hall–Kier alpha value is -1.36. The summed E-state index contributed by atoms with van der Waals surface area (Å²) < 4.78 is 0. The first-order valence-electron chi connectivity index (χ1n) is 6.07. The maximum absolute atomic E-state index is 11.7. The van der Waals surface area contributed by atoms with Crippen molar-refractivity contribution in [3.8, 4) is 0 Å². The summed E-state index contributed by atoms with van der Waals surface area (Å²) >= 11 is 6.15. The topological polar surface area (TPSA) is 58.1 Å². The number of halogens is 1. The zero-order valence-corrected chi connectivity index (χ0v) is 11.5. The lowest BCUT2D eigenvalue weighted by molar-refractivity contribution is -0.122. The molecule has 1 aromatic heterocycles. The van der Waals surface area contributed by atoms with Crippen molar-refractivity contribution in [1.29, 1.82) is 0 Å². The van der Waals surface area contributed by atoms with Gasteiger partial charge in [-0.25, -0.2) is 9.97 Å². The molecule has 5 nitrogen and oxygen atoms in total. The zero-order valence-electron chi connectivity index (χ0n) is 10.8. The summed E-state index contributed by atoms with van der Waals surface area (Å²) in [6, 6.07) is -0.234. The fourth-order valence-electron chi connectivity index (χ4n) is 2.16. The largest absolute Gasteiger partial charge is 0.353 e. The number of carbonyl (C=O) groups is 1. The Morgan fingerprint density at radius 2 is 2.22 bits per heavy atom. The summed E-state index contributed by atoms with van der Waals surface area (Å²) in [6.07, 6.45) is 1.45. The van der Waals surface area contributed by atoms with Gasteiger partial charge >= 0.3 is 0 Å². The molecule has 1 aliphatic heterocycles. The standard InChI is InChI=1S/C12H17ClN4O/c1-7(2)9-10(13)15-6-16-11(9)17-5-4-14-12(18)8(17)3/h6-8H,4-5H2,1-3H3,(H,14,18). The molecule has 1 N–H and O–H groups in total. The van der Waals surface area contributed by atoms with Crippen LogP contribution in [0.15, 0.2) is 6.33 Å². The third-order valence-corrected chi connectivity index (χ3v) is 3.46. The summed E-state index contributed by atoms with van der Waals surface area (Å²) in [5.74, 6) is 1.00. The number of nitrogens with one attached hydrogen (secondary N) is 1. The first kappa shape index (κ1) is 13.1. The zero-order chi connectivity index (χ0) is 13.3. The van der Waals surface area contributed by atoms with Gasteiger partial charge in [-0.1, -0.05) is 25.4 Å². The number of piperazine rings is 1. The molecule has 2 heterocycles. The van der Waals surface area contributed by atoms with Crippen molar-refractivity contribution in [2.24, 2.45) is 0 Å². The van der Waals surface area contributed by atoms with Gasteiger partial charge in [0.25, 0.3) is 0 Å². The lowest BCUT2D eigenvalue weighted by atomic mass is 10.0. The summed E-state index contributed by atoms with van der Waals surface area (Å²) in [4.78, 5) is 22.0. The van der Waals surface area contributed by atoms with Crippen molar-refractivity contribution < 1.29 is 4.79 Å². The van der Waals surface area contributed by atoms with Gasteiger partial charge in [0.2, 0.25) is 5.91 Å². The molecule has 98 valence electrons. The number of rotatable bonds is 2. The van der Waals surface area contributed by atoms with E-state index in [4.69, 9.17) is 11.6 Å². The molecular formula is C12H17ClN4O. The number of nitrogens with zero attached hydrogens (tertiary/aromatic N) is 3. The second kappa shape index (κ2) is 5.10. The maximum atomic E-state index is 11.7. The molecule has 1 fully saturated rings. The number of anilines is 1. The molecule has 1 aliphatic rings. The second-order valence-electron chi connectivity index (χ2n) is 4.72. The average Bonchev–Trinajstić information content (AvgIpc) is 2.32. The lowest BCUT2D eigenvalue weighted by Gasteiger charge is -2.35. The van der Waals surface area contributed by atoms with Crippen LogP contribution in [-0.2, 0) is 4.79 Å². The van der Waals surface area contributed by atoms with E-state index in [1.807, 2.05) is 25.7 Å². The smallest absolute Gasteiger partial charge is 0.242 e. The fourth-order valence-corrected chi connectivity index (χ4v) is 2.51. The average molecular weight is 269 g/mol. The summed E-state index contributed by atoms with van der Waals surface area (Å²) in [6.45, 7) is 7.32. The van der Waals surface area contributed by atoms with Gasteiger partial charge in [-0.3, -0.25) is 4.79 Å². The molecule has 0 aromatic carbocycles. The van der Waals surface area contributed by atoms with Gasteiger partial charge in [-0.05, 0) is 12.8 Å². The van der Waals surface area contributed by atoms with Crippen molar-refractivity contribution in [2.75, 3.05) is 18.0 Å². The number of amides is 1. The molecule has 1 unspecified atom stereocenters. The molecule has 1 amide bonds. The third-order valence-electron chi connectivity index (χ3n) is 3.16. The molecule has 1 atom stereocenters. The van der Waals surface area contributed by atoms with Crippen molar-refractivity contribution in [3.05, 3.63) is 17.0 Å². The molecule has 0 aliphatic carbocycles. The van der Waals surface area contributed by atoms with E-state index in [-0.39, 0.29) is 17.9 Å². The summed E-state index contributed by atoms with van der Waals surface area (Å²) in [7, 11) is 0. The van der Waals surface area contributed by atoms with Gasteiger partial charge in [0, 0.05) is 18.7 Å². The minimum absolute atomic E-state index is 0.0192. The van der Waals surface area contributed by atoms with E-state index in [1.54, 1.807) is 0 Å². The number of hydrogen-bond acceptors (Lipinski definition) is 4. The maximum Gasteiger partial charge on any atom is 0.242 e. The van der Waals surface area contributed by atoms with Gasteiger partial charge in [0.15, 0.2) is 0 Å². The highest BCUT2D eigenvalue weighted by atomic mass is 35.5. The molecule has 0 bridgehead atoms. The minimum Gasteiger partial charge on any atom is -0.353 e. The van der Waals surface area contributed by atoms with Gasteiger partial charge in [0.1, 0.15) is 23.3 Å². The summed E-state index contributed by atoms with van der Waals surface area (Å²) in [5.41, 5.74) is 0.903. The van der Waals surface area contributed by atoms with Gasteiger partial charge in [0.05, 0.1) is 0 Å². The Balaban J connectivity index is 2.44. The van der Waals surface area contributed by atoms with Crippen LogP contribution in [0.4, 0.5) is 5.82 Å². The first-order valence-corrected chi connectivity index (χ1v) is 6.45. The molecule has 1 aromatic rings. The van der Waals surface area contributed by atoms with Crippen LogP contribution in [0.2, 0.25) is 5.15 Å². The van der Waals surface area contributed by atoms with Crippen molar-refractivity contribution in [3.63, 3.8) is 0 Å². The van der Waals surface area contributed by atoms with Gasteiger partial charge in [-0.2, -0.15) is 0 Å². The Labute approximate surface area is 112 Å². The fraction of sp³-hybridized carbons (Fsp3) is 0.583. The molecule has 0 radical (unpaired) electrons. The number of hydrogen-bond donors (Lipinski definition) is 1. The Morgan fingerprint density at radius 1 is 1.50 bits per heavy atom. The van der Waals surface area contributed by atoms with Crippen LogP contribution in [-0.4, -0.2) is 35.0 Å². The van der Waals surface area contributed by atoms with Gasteiger partial charge < -0.3 is 10.2 Å². The van der Waals surface area contributed by atoms with Crippen molar-refractivity contribution in [1.82, 2.24) is 15.3 Å². The molecule has 0 spiro atoms. The van der Waals surface area contributed by atoms with Crippen LogP contribution < -0.4 is 10.2 Å². The molecule has 18 heavy (non-hydrogen) atoms. The van der Waals surface area contributed by atoms with E-state index >= 15 is 0 Å². The molecule has 0 saturated carbocycles. The Morgan fingerprint density at radius 3 is 2.89 bits per heavy atom. The highest BCUT2D eigenvalue weighted by Gasteiger charge is 2.29. The monoisotopic (exact) mass is 268 g/mol. The Kier molecular flexibility index (Phi) is 3.71. The second-order valence-corrected chi connectivity index (χ2v) is 5.07. The van der Waals surface area contributed by atoms with Crippen molar-refractivity contribution >= 4 is 23.3 Å². The third kappa shape index (κ3) is 2.27. The van der Waals surface area contributed by atoms with Crippen LogP contribution in [0, 0.1) is 0 Å². The Bertz CT molecular complexity index is 463. The van der Waals surface area contributed by atoms with Crippen LogP contribution in [0.25, 0.3) is 0 Å². The predicted molar refractivity (Wildman–Crippen MR) is 70.9 cm³/mol. The lowest BCUT2D eigenvalue weighted by Crippen LogP contribution is -2.54. The van der Waals surface area contributed by atoms with Crippen LogP contribution in [0.5, 0.6) is 0 Å². The predicted octanol–water partition coefficient (Wildman–Crippen LogP) is 1.58. The number of carbonyl (C=O) groups excluding carboxylic acids is 1. The van der Waals surface area contributed by atoms with E-state index in [0.29, 0.717) is 11.7 Å². The van der Waals surface area contributed by atoms with E-state index < -0.39 is 0 Å².